The molecule has 140 valence electrons. The number of benzene rings is 2. The Kier molecular flexibility index (Phi) is 6.62. The number of ether oxygens (including phenoxy) is 2. The maximum atomic E-state index is 12.7. The van der Waals surface area contributed by atoms with E-state index in [-0.39, 0.29) is 5.92 Å². The third-order valence-corrected chi connectivity index (χ3v) is 4.20. The molecule has 0 fully saturated rings. The molecule has 27 heavy (non-hydrogen) atoms. The van der Waals surface area contributed by atoms with Crippen molar-refractivity contribution in [1.82, 2.24) is 5.32 Å². The standard InChI is InChI=1S/C22H23NO4/c1-5-22(17-12-8-6-9-13-17,18-14-10-7-11-15-18)27-21(25)23-19(16(2)3)20(24)26-4/h1,6-16,19H,2-4H3,(H,23,25)/t19-/m0/s1. The lowest BCUT2D eigenvalue weighted by atomic mass is 9.87. The van der Waals surface area contributed by atoms with Crippen LogP contribution >= 0.6 is 0 Å². The second-order valence-electron chi connectivity index (χ2n) is 6.34. The summed E-state index contributed by atoms with van der Waals surface area (Å²) in [7, 11) is 1.27. The zero-order chi connectivity index (χ0) is 19.9. The molecule has 2 aromatic rings. The highest BCUT2D eigenvalue weighted by molar-refractivity contribution is 5.82. The van der Waals surface area contributed by atoms with Crippen LogP contribution in [0.15, 0.2) is 60.7 Å². The fourth-order valence-corrected chi connectivity index (χ4v) is 2.75. The van der Waals surface area contributed by atoms with Gasteiger partial charge in [0.1, 0.15) is 6.04 Å². The Hall–Kier alpha value is -3.26. The van der Waals surface area contributed by atoms with Crippen molar-refractivity contribution in [2.75, 3.05) is 7.11 Å². The summed E-state index contributed by atoms with van der Waals surface area (Å²) in [5.74, 6) is 1.90. The first-order valence-corrected chi connectivity index (χ1v) is 8.60. The molecule has 0 bridgehead atoms. The predicted octanol–water partition coefficient (Wildman–Crippen LogP) is 3.49. The Morgan fingerprint density at radius 1 is 1.00 bits per heavy atom. The van der Waals surface area contributed by atoms with E-state index < -0.39 is 23.7 Å². The van der Waals surface area contributed by atoms with Crippen LogP contribution in [-0.4, -0.2) is 25.2 Å². The number of hydrogen-bond acceptors (Lipinski definition) is 4. The van der Waals surface area contributed by atoms with E-state index in [1.807, 2.05) is 36.4 Å². The molecule has 0 radical (unpaired) electrons. The molecular weight excluding hydrogens is 342 g/mol. The second kappa shape index (κ2) is 8.91. The van der Waals surface area contributed by atoms with Gasteiger partial charge in [-0.3, -0.25) is 0 Å². The first kappa shape index (κ1) is 20.1. The molecular formula is C22H23NO4. The molecule has 0 heterocycles. The summed E-state index contributed by atoms with van der Waals surface area (Å²) in [6.07, 6.45) is 5.05. The van der Waals surface area contributed by atoms with Crippen molar-refractivity contribution in [2.24, 2.45) is 5.92 Å². The van der Waals surface area contributed by atoms with E-state index in [1.165, 1.54) is 7.11 Å². The first-order chi connectivity index (χ1) is 12.9. The summed E-state index contributed by atoms with van der Waals surface area (Å²) < 4.78 is 10.5. The molecule has 0 aliphatic heterocycles. The van der Waals surface area contributed by atoms with Crippen LogP contribution in [0, 0.1) is 18.3 Å². The number of carbonyl (C=O) groups is 2. The van der Waals surface area contributed by atoms with Crippen LogP contribution in [0.25, 0.3) is 0 Å². The Morgan fingerprint density at radius 2 is 1.48 bits per heavy atom. The molecule has 0 spiro atoms. The maximum absolute atomic E-state index is 12.7. The van der Waals surface area contributed by atoms with Crippen molar-refractivity contribution >= 4 is 12.1 Å². The molecule has 2 rings (SSSR count). The van der Waals surface area contributed by atoms with Gasteiger partial charge in [0.2, 0.25) is 5.60 Å². The lowest BCUT2D eigenvalue weighted by molar-refractivity contribution is -0.144. The minimum absolute atomic E-state index is 0.182. The number of terminal acetylenes is 1. The lowest BCUT2D eigenvalue weighted by Gasteiger charge is -2.30. The van der Waals surface area contributed by atoms with E-state index in [0.717, 1.165) is 0 Å². The molecule has 0 saturated heterocycles. The van der Waals surface area contributed by atoms with Gasteiger partial charge in [0.25, 0.3) is 0 Å². The molecule has 0 aliphatic carbocycles. The zero-order valence-corrected chi connectivity index (χ0v) is 15.6. The van der Waals surface area contributed by atoms with Crippen LogP contribution in [0.5, 0.6) is 0 Å². The smallest absolute Gasteiger partial charge is 0.409 e. The van der Waals surface area contributed by atoms with Crippen molar-refractivity contribution in [3.63, 3.8) is 0 Å². The Morgan fingerprint density at radius 3 is 1.85 bits per heavy atom. The third-order valence-electron chi connectivity index (χ3n) is 4.20. The fraction of sp³-hybridized carbons (Fsp3) is 0.273. The second-order valence-corrected chi connectivity index (χ2v) is 6.34. The van der Waals surface area contributed by atoms with Crippen molar-refractivity contribution in [3.8, 4) is 12.3 Å². The molecule has 0 unspecified atom stereocenters. The summed E-state index contributed by atoms with van der Waals surface area (Å²) in [6, 6.07) is 17.3. The van der Waals surface area contributed by atoms with E-state index in [0.29, 0.717) is 11.1 Å². The predicted molar refractivity (Wildman–Crippen MR) is 103 cm³/mol. The molecule has 5 heteroatoms. The number of esters is 1. The van der Waals surface area contributed by atoms with Gasteiger partial charge in [-0.1, -0.05) is 74.5 Å². The van der Waals surface area contributed by atoms with E-state index in [2.05, 4.69) is 11.2 Å². The van der Waals surface area contributed by atoms with Gasteiger partial charge in [-0.15, -0.1) is 6.42 Å². The largest absolute Gasteiger partial charge is 0.467 e. The number of hydrogen-bond donors (Lipinski definition) is 1. The summed E-state index contributed by atoms with van der Waals surface area (Å²) in [5, 5.41) is 2.56. The highest BCUT2D eigenvalue weighted by Crippen LogP contribution is 2.33. The van der Waals surface area contributed by atoms with Crippen LogP contribution in [0.2, 0.25) is 0 Å². The monoisotopic (exact) mass is 365 g/mol. The lowest BCUT2D eigenvalue weighted by Crippen LogP contribution is -2.47. The van der Waals surface area contributed by atoms with Gasteiger partial charge in [0, 0.05) is 11.1 Å². The normalized spacial score (nSPS) is 12.0. The van der Waals surface area contributed by atoms with Gasteiger partial charge >= 0.3 is 12.1 Å². The summed E-state index contributed by atoms with van der Waals surface area (Å²) >= 11 is 0. The summed E-state index contributed by atoms with van der Waals surface area (Å²) in [6.45, 7) is 3.59. The number of alkyl carbamates (subject to hydrolysis) is 1. The number of methoxy groups -OCH3 is 1. The van der Waals surface area contributed by atoms with E-state index >= 15 is 0 Å². The molecule has 0 aromatic heterocycles. The Labute approximate surface area is 159 Å². The summed E-state index contributed by atoms with van der Waals surface area (Å²) in [5.41, 5.74) is -0.161. The van der Waals surface area contributed by atoms with Gasteiger partial charge in [-0.25, -0.2) is 9.59 Å². The Balaban J connectivity index is 2.40. The SMILES string of the molecule is C#CC(OC(=O)N[C@H](C(=O)OC)C(C)C)(c1ccccc1)c1ccccc1. The van der Waals surface area contributed by atoms with Crippen LogP contribution in [0.3, 0.4) is 0 Å². The van der Waals surface area contributed by atoms with Gasteiger partial charge in [-0.2, -0.15) is 0 Å². The molecule has 2 aromatic carbocycles. The van der Waals surface area contributed by atoms with Crippen molar-refractivity contribution in [2.45, 2.75) is 25.5 Å². The molecule has 1 N–H and O–H groups in total. The highest BCUT2D eigenvalue weighted by Gasteiger charge is 2.38. The first-order valence-electron chi connectivity index (χ1n) is 8.60. The average Bonchev–Trinajstić information content (AvgIpc) is 2.70. The molecule has 5 nitrogen and oxygen atoms in total. The van der Waals surface area contributed by atoms with E-state index in [9.17, 15) is 9.59 Å². The fourth-order valence-electron chi connectivity index (χ4n) is 2.75. The van der Waals surface area contributed by atoms with Gasteiger partial charge in [-0.05, 0) is 11.8 Å². The Bertz CT molecular complexity index is 770. The third kappa shape index (κ3) is 4.48. The number of rotatable bonds is 6. The van der Waals surface area contributed by atoms with E-state index in [1.54, 1.807) is 38.1 Å². The number of amides is 1. The average molecular weight is 365 g/mol. The van der Waals surface area contributed by atoms with Gasteiger partial charge in [0.05, 0.1) is 7.11 Å². The van der Waals surface area contributed by atoms with Crippen LogP contribution < -0.4 is 5.32 Å². The summed E-state index contributed by atoms with van der Waals surface area (Å²) in [4.78, 5) is 24.6. The maximum Gasteiger partial charge on any atom is 0.409 e. The minimum Gasteiger partial charge on any atom is -0.467 e. The molecule has 1 atom stereocenters. The molecule has 0 saturated carbocycles. The van der Waals surface area contributed by atoms with Crippen molar-refractivity contribution < 1.29 is 19.1 Å². The van der Waals surface area contributed by atoms with Gasteiger partial charge in [0.15, 0.2) is 0 Å². The van der Waals surface area contributed by atoms with Crippen molar-refractivity contribution in [1.29, 1.82) is 0 Å². The minimum atomic E-state index is -1.43. The topological polar surface area (TPSA) is 64.6 Å². The van der Waals surface area contributed by atoms with Crippen LogP contribution in [0.4, 0.5) is 4.79 Å². The molecule has 0 aliphatic rings. The quantitative estimate of drug-likeness (QED) is 0.629. The highest BCUT2D eigenvalue weighted by atomic mass is 16.6. The molecule has 1 amide bonds. The zero-order valence-electron chi connectivity index (χ0n) is 15.6. The number of carbonyl (C=O) groups excluding carboxylic acids is 2. The van der Waals surface area contributed by atoms with Crippen LogP contribution in [-0.2, 0) is 19.9 Å². The van der Waals surface area contributed by atoms with Crippen LogP contribution in [0.1, 0.15) is 25.0 Å². The van der Waals surface area contributed by atoms with E-state index in [4.69, 9.17) is 15.9 Å². The van der Waals surface area contributed by atoms with Gasteiger partial charge < -0.3 is 14.8 Å². The van der Waals surface area contributed by atoms with Crippen molar-refractivity contribution in [3.05, 3.63) is 71.8 Å². The number of nitrogens with one attached hydrogen (secondary N) is 1.